The van der Waals surface area contributed by atoms with E-state index in [1.807, 2.05) is 45.9 Å². The van der Waals surface area contributed by atoms with Crippen LogP contribution in [0, 0.1) is 0 Å². The number of rotatable bonds is 4. The number of benzene rings is 1. The van der Waals surface area contributed by atoms with E-state index in [1.54, 1.807) is 0 Å². The summed E-state index contributed by atoms with van der Waals surface area (Å²) in [7, 11) is 0. The van der Waals surface area contributed by atoms with E-state index >= 15 is 0 Å². The second-order valence-electron chi connectivity index (χ2n) is 4.06. The number of hydrogen-bond acceptors (Lipinski definition) is 3. The van der Waals surface area contributed by atoms with Crippen LogP contribution in [0.2, 0.25) is 0 Å². The molecule has 3 N–H and O–H groups in total. The number of ether oxygens (including phenoxy) is 1. The van der Waals surface area contributed by atoms with Crippen LogP contribution in [-0.4, -0.2) is 16.1 Å². The quantitative estimate of drug-likeness (QED) is 0.877. The zero-order chi connectivity index (χ0) is 17.1. The van der Waals surface area contributed by atoms with Gasteiger partial charge < -0.3 is 10.5 Å². The van der Waals surface area contributed by atoms with Crippen LogP contribution in [0.25, 0.3) is 0 Å². The Hall–Kier alpha value is -1.56. The SMILES string of the molecule is CC.CC.CCC(CC)Oc1cccc2c1C(N)=NS(=O)N2. The molecule has 0 aliphatic carbocycles. The largest absolute Gasteiger partial charge is 0.490 e. The third kappa shape index (κ3) is 5.33. The van der Waals surface area contributed by atoms with Gasteiger partial charge in [-0.15, -0.1) is 0 Å². The normalized spacial score (nSPS) is 15.2. The van der Waals surface area contributed by atoms with Gasteiger partial charge in [0.2, 0.25) is 11.2 Å². The minimum absolute atomic E-state index is 0.150. The van der Waals surface area contributed by atoms with Crippen molar-refractivity contribution in [3.8, 4) is 5.75 Å². The van der Waals surface area contributed by atoms with E-state index in [1.165, 1.54) is 0 Å². The number of nitrogens with one attached hydrogen (secondary N) is 1. The summed E-state index contributed by atoms with van der Waals surface area (Å²) in [4.78, 5) is 0. The molecule has 1 aliphatic heterocycles. The van der Waals surface area contributed by atoms with Crippen molar-refractivity contribution < 1.29 is 8.95 Å². The molecule has 1 aromatic carbocycles. The molecule has 0 aromatic heterocycles. The molecule has 1 aliphatic rings. The highest BCUT2D eigenvalue weighted by Gasteiger charge is 2.21. The van der Waals surface area contributed by atoms with E-state index in [4.69, 9.17) is 10.5 Å². The zero-order valence-electron chi connectivity index (χ0n) is 14.5. The van der Waals surface area contributed by atoms with Crippen molar-refractivity contribution in [3.63, 3.8) is 0 Å². The standard InChI is InChI=1S/C12H17N3O2S.2C2H6/c1-3-8(4-2)17-10-7-5-6-9-11(10)12(13)15-18(16)14-9;2*1-2/h5-8,14H,3-4H2,1-2H3,(H2,13,15);2*1-2H3. The molecule has 1 atom stereocenters. The highest BCUT2D eigenvalue weighted by Crippen LogP contribution is 2.30. The van der Waals surface area contributed by atoms with Crippen molar-refractivity contribution in [1.82, 2.24) is 0 Å². The van der Waals surface area contributed by atoms with Crippen molar-refractivity contribution in [1.29, 1.82) is 0 Å². The summed E-state index contributed by atoms with van der Waals surface area (Å²) in [5.74, 6) is 0.940. The molecule has 6 heteroatoms. The number of nitrogens with zero attached hydrogens (tertiary/aromatic N) is 1. The molecule has 0 radical (unpaired) electrons. The molecule has 0 spiro atoms. The van der Waals surface area contributed by atoms with Crippen molar-refractivity contribution in [2.75, 3.05) is 4.72 Å². The first-order chi connectivity index (χ1) is 10.7. The Morgan fingerprint density at radius 2 is 1.82 bits per heavy atom. The topological polar surface area (TPSA) is 76.7 Å². The van der Waals surface area contributed by atoms with Crippen LogP contribution < -0.4 is 15.2 Å². The molecule has 1 unspecified atom stereocenters. The molecule has 1 heterocycles. The second-order valence-corrected chi connectivity index (χ2v) is 4.95. The molecular formula is C16H29N3O2S. The van der Waals surface area contributed by atoms with E-state index < -0.39 is 11.2 Å². The molecule has 0 saturated heterocycles. The number of hydrogen-bond donors (Lipinski definition) is 2. The Bertz CT molecular complexity index is 500. The van der Waals surface area contributed by atoms with E-state index in [9.17, 15) is 4.21 Å². The van der Waals surface area contributed by atoms with Gasteiger partial charge in [0, 0.05) is 0 Å². The van der Waals surface area contributed by atoms with Crippen LogP contribution in [0.5, 0.6) is 5.75 Å². The third-order valence-electron chi connectivity index (χ3n) is 2.87. The van der Waals surface area contributed by atoms with Crippen LogP contribution in [0.1, 0.15) is 59.9 Å². The van der Waals surface area contributed by atoms with E-state index in [0.29, 0.717) is 17.0 Å². The molecule has 0 amide bonds. The van der Waals surface area contributed by atoms with Gasteiger partial charge in [-0.3, -0.25) is 4.72 Å². The van der Waals surface area contributed by atoms with Crippen molar-refractivity contribution in [2.24, 2.45) is 10.1 Å². The van der Waals surface area contributed by atoms with Crippen molar-refractivity contribution in [3.05, 3.63) is 23.8 Å². The summed E-state index contributed by atoms with van der Waals surface area (Å²) in [5, 5.41) is 0. The number of fused-ring (bicyclic) bond motifs is 1. The van der Waals surface area contributed by atoms with Crippen molar-refractivity contribution in [2.45, 2.75) is 60.5 Å². The minimum Gasteiger partial charge on any atom is -0.490 e. The lowest BCUT2D eigenvalue weighted by Crippen LogP contribution is -2.25. The molecule has 0 saturated carbocycles. The van der Waals surface area contributed by atoms with Crippen LogP contribution in [0.15, 0.2) is 22.6 Å². The molecule has 0 bridgehead atoms. The maximum absolute atomic E-state index is 11.4. The molecule has 126 valence electrons. The van der Waals surface area contributed by atoms with Gasteiger partial charge in [0.1, 0.15) is 11.6 Å². The van der Waals surface area contributed by atoms with Gasteiger partial charge in [-0.1, -0.05) is 47.6 Å². The molecule has 22 heavy (non-hydrogen) atoms. The number of anilines is 1. The first-order valence-corrected chi connectivity index (χ1v) is 9.09. The summed E-state index contributed by atoms with van der Waals surface area (Å²) >= 11 is -1.50. The van der Waals surface area contributed by atoms with E-state index in [0.717, 1.165) is 12.8 Å². The average Bonchev–Trinajstić information content (AvgIpc) is 2.55. The third-order valence-corrected chi connectivity index (χ3v) is 3.62. The number of amidine groups is 1. The summed E-state index contributed by atoms with van der Waals surface area (Å²) < 4.78 is 23.9. The van der Waals surface area contributed by atoms with Crippen LogP contribution in [0.3, 0.4) is 0 Å². The fourth-order valence-corrected chi connectivity index (χ4v) is 2.54. The molecular weight excluding hydrogens is 298 g/mol. The fourth-order valence-electron chi connectivity index (χ4n) is 1.87. The van der Waals surface area contributed by atoms with Gasteiger partial charge in [-0.05, 0) is 25.0 Å². The lowest BCUT2D eigenvalue weighted by molar-refractivity contribution is 0.192. The fraction of sp³-hybridized carbons (Fsp3) is 0.562. The summed E-state index contributed by atoms with van der Waals surface area (Å²) in [6, 6.07) is 5.52. The zero-order valence-corrected chi connectivity index (χ0v) is 15.3. The Morgan fingerprint density at radius 3 is 2.36 bits per heavy atom. The van der Waals surface area contributed by atoms with Gasteiger partial charge in [0.15, 0.2) is 0 Å². The smallest absolute Gasteiger partial charge is 0.245 e. The Kier molecular flexibility index (Phi) is 10.3. The van der Waals surface area contributed by atoms with Gasteiger partial charge in [-0.25, -0.2) is 4.21 Å². The average molecular weight is 327 g/mol. The molecule has 2 rings (SSSR count). The van der Waals surface area contributed by atoms with Gasteiger partial charge in [-0.2, -0.15) is 4.40 Å². The van der Waals surface area contributed by atoms with Crippen LogP contribution in [0.4, 0.5) is 5.69 Å². The predicted molar refractivity (Wildman–Crippen MR) is 96.6 cm³/mol. The first kappa shape index (κ1) is 20.4. The first-order valence-electron chi connectivity index (χ1n) is 7.98. The summed E-state index contributed by atoms with van der Waals surface area (Å²) in [6.07, 6.45) is 2.00. The molecule has 0 fully saturated rings. The Morgan fingerprint density at radius 1 is 1.23 bits per heavy atom. The summed E-state index contributed by atoms with van der Waals surface area (Å²) in [5.41, 5.74) is 7.23. The Labute approximate surface area is 137 Å². The van der Waals surface area contributed by atoms with Crippen molar-refractivity contribution >= 4 is 22.7 Å². The van der Waals surface area contributed by atoms with Crippen LogP contribution in [-0.2, 0) is 11.2 Å². The maximum Gasteiger partial charge on any atom is 0.245 e. The number of nitrogens with two attached hydrogens (primary N) is 1. The molecule has 5 nitrogen and oxygen atoms in total. The highest BCUT2D eigenvalue weighted by molar-refractivity contribution is 7.85. The van der Waals surface area contributed by atoms with E-state index in [-0.39, 0.29) is 11.9 Å². The predicted octanol–water partition coefficient (Wildman–Crippen LogP) is 4.02. The van der Waals surface area contributed by atoms with E-state index in [2.05, 4.69) is 23.0 Å². The summed E-state index contributed by atoms with van der Waals surface area (Å²) in [6.45, 7) is 12.2. The second kappa shape index (κ2) is 11.1. The minimum atomic E-state index is -1.50. The van der Waals surface area contributed by atoms with Gasteiger partial charge in [0.05, 0.1) is 17.4 Å². The van der Waals surface area contributed by atoms with Crippen LogP contribution >= 0.6 is 0 Å². The lowest BCUT2D eigenvalue weighted by Gasteiger charge is -2.21. The van der Waals surface area contributed by atoms with Gasteiger partial charge in [0.25, 0.3) is 0 Å². The molecule has 1 aromatic rings. The Balaban J connectivity index is 0.00000102. The van der Waals surface area contributed by atoms with Gasteiger partial charge >= 0.3 is 0 Å². The lowest BCUT2D eigenvalue weighted by atomic mass is 10.1. The highest BCUT2D eigenvalue weighted by atomic mass is 32.2. The maximum atomic E-state index is 11.4. The monoisotopic (exact) mass is 327 g/mol.